The number of anilines is 2. The number of carbonyl (C=O) groups is 2. The molecule has 3 aromatic rings. The van der Waals surface area contributed by atoms with Crippen LogP contribution in [0.15, 0.2) is 72.9 Å². The number of nitrogens with one attached hydrogen (secondary N) is 2. The third kappa shape index (κ3) is 4.73. The van der Waals surface area contributed by atoms with E-state index in [0.29, 0.717) is 5.69 Å². The molecule has 0 saturated heterocycles. The zero-order chi connectivity index (χ0) is 20.1. The Morgan fingerprint density at radius 3 is 2.04 bits per heavy atom. The van der Waals surface area contributed by atoms with Gasteiger partial charge in [0.25, 0.3) is 11.8 Å². The smallest absolute Gasteiger partial charge is 0.322 e. The number of halogens is 3. The van der Waals surface area contributed by atoms with Gasteiger partial charge in [0.05, 0.1) is 5.56 Å². The van der Waals surface area contributed by atoms with E-state index in [1.807, 2.05) is 0 Å². The number of hydrogen-bond donors (Lipinski definition) is 2. The van der Waals surface area contributed by atoms with Crippen LogP contribution >= 0.6 is 0 Å². The first-order valence-electron chi connectivity index (χ1n) is 8.14. The van der Waals surface area contributed by atoms with Gasteiger partial charge in [-0.25, -0.2) is 0 Å². The monoisotopic (exact) mass is 385 g/mol. The van der Waals surface area contributed by atoms with Crippen molar-refractivity contribution in [3.05, 3.63) is 89.7 Å². The van der Waals surface area contributed by atoms with Gasteiger partial charge in [-0.05, 0) is 48.5 Å². The molecular weight excluding hydrogens is 371 g/mol. The quantitative estimate of drug-likeness (QED) is 0.689. The Morgan fingerprint density at radius 1 is 0.786 bits per heavy atom. The summed E-state index contributed by atoms with van der Waals surface area (Å²) in [5.74, 6) is -1.06. The predicted octanol–water partition coefficient (Wildman–Crippen LogP) is 4.61. The molecule has 2 N–H and O–H groups in total. The normalized spacial score (nSPS) is 11.0. The van der Waals surface area contributed by atoms with Crippen LogP contribution in [-0.2, 0) is 6.18 Å². The van der Waals surface area contributed by atoms with Gasteiger partial charge in [-0.15, -0.1) is 0 Å². The van der Waals surface area contributed by atoms with Gasteiger partial charge in [-0.2, -0.15) is 13.2 Å². The van der Waals surface area contributed by atoms with Crippen molar-refractivity contribution >= 4 is 23.2 Å². The predicted molar refractivity (Wildman–Crippen MR) is 98.0 cm³/mol. The van der Waals surface area contributed by atoms with Crippen molar-refractivity contribution in [1.29, 1.82) is 0 Å². The minimum Gasteiger partial charge on any atom is -0.322 e. The van der Waals surface area contributed by atoms with Crippen molar-refractivity contribution in [3.63, 3.8) is 0 Å². The molecular formula is C20H14F3N3O2. The van der Waals surface area contributed by atoms with E-state index in [2.05, 4.69) is 15.6 Å². The summed E-state index contributed by atoms with van der Waals surface area (Å²) in [4.78, 5) is 28.5. The van der Waals surface area contributed by atoms with E-state index < -0.39 is 23.6 Å². The summed E-state index contributed by atoms with van der Waals surface area (Å²) < 4.78 is 37.8. The molecule has 2 amide bonds. The lowest BCUT2D eigenvalue weighted by atomic mass is 10.1. The number of rotatable bonds is 4. The maximum Gasteiger partial charge on any atom is 0.416 e. The van der Waals surface area contributed by atoms with Gasteiger partial charge in [0.1, 0.15) is 5.69 Å². The SMILES string of the molecule is O=C(Nc1ccc(C(F)(F)F)cc1)c1ccnc(C(=O)Nc2ccccc2)c1. The van der Waals surface area contributed by atoms with Crippen molar-refractivity contribution in [2.75, 3.05) is 10.6 Å². The molecule has 2 aromatic carbocycles. The second-order valence-electron chi connectivity index (χ2n) is 5.78. The van der Waals surface area contributed by atoms with E-state index in [1.165, 1.54) is 18.3 Å². The maximum absolute atomic E-state index is 12.6. The Kier molecular flexibility index (Phi) is 5.39. The van der Waals surface area contributed by atoms with Gasteiger partial charge in [-0.3, -0.25) is 14.6 Å². The third-order valence-electron chi connectivity index (χ3n) is 3.76. The molecule has 3 rings (SSSR count). The summed E-state index contributed by atoms with van der Waals surface area (Å²) in [6, 6.07) is 15.5. The average Bonchev–Trinajstić information content (AvgIpc) is 2.68. The molecule has 0 aliphatic carbocycles. The number of alkyl halides is 3. The maximum atomic E-state index is 12.6. The average molecular weight is 385 g/mol. The number of carbonyl (C=O) groups excluding carboxylic acids is 2. The molecule has 1 heterocycles. The number of hydrogen-bond acceptors (Lipinski definition) is 3. The van der Waals surface area contributed by atoms with Crippen LogP contribution in [0, 0.1) is 0 Å². The number of nitrogens with zero attached hydrogens (tertiary/aromatic N) is 1. The summed E-state index contributed by atoms with van der Waals surface area (Å²) in [6.45, 7) is 0. The first kappa shape index (κ1) is 19.1. The Balaban J connectivity index is 1.71. The molecule has 0 radical (unpaired) electrons. The van der Waals surface area contributed by atoms with E-state index in [-0.39, 0.29) is 16.9 Å². The lowest BCUT2D eigenvalue weighted by molar-refractivity contribution is -0.137. The highest BCUT2D eigenvalue weighted by molar-refractivity contribution is 6.07. The topological polar surface area (TPSA) is 71.1 Å². The van der Waals surface area contributed by atoms with Crippen molar-refractivity contribution in [2.45, 2.75) is 6.18 Å². The first-order valence-corrected chi connectivity index (χ1v) is 8.14. The van der Waals surface area contributed by atoms with Crippen molar-refractivity contribution in [3.8, 4) is 0 Å². The third-order valence-corrected chi connectivity index (χ3v) is 3.76. The standard InChI is InChI=1S/C20H14F3N3O2/c21-20(22,23)14-6-8-16(9-7-14)25-18(27)13-10-11-24-17(12-13)19(28)26-15-4-2-1-3-5-15/h1-12H,(H,25,27)(H,26,28). The Labute approximate surface area is 158 Å². The molecule has 5 nitrogen and oxygen atoms in total. The van der Waals surface area contributed by atoms with E-state index in [0.717, 1.165) is 24.3 Å². The van der Waals surface area contributed by atoms with E-state index in [9.17, 15) is 22.8 Å². The fourth-order valence-electron chi connectivity index (χ4n) is 2.36. The molecule has 0 aliphatic heterocycles. The molecule has 28 heavy (non-hydrogen) atoms. The molecule has 142 valence electrons. The summed E-state index contributed by atoms with van der Waals surface area (Å²) >= 11 is 0. The fraction of sp³-hybridized carbons (Fsp3) is 0.0500. The van der Waals surface area contributed by atoms with E-state index >= 15 is 0 Å². The molecule has 0 aliphatic rings. The highest BCUT2D eigenvalue weighted by atomic mass is 19.4. The van der Waals surface area contributed by atoms with Crippen LogP contribution in [-0.4, -0.2) is 16.8 Å². The molecule has 1 aromatic heterocycles. The van der Waals surface area contributed by atoms with Crippen LogP contribution < -0.4 is 10.6 Å². The van der Waals surface area contributed by atoms with Crippen molar-refractivity contribution in [2.24, 2.45) is 0 Å². The second-order valence-corrected chi connectivity index (χ2v) is 5.78. The van der Waals surface area contributed by atoms with Gasteiger partial charge in [-0.1, -0.05) is 18.2 Å². The lowest BCUT2D eigenvalue weighted by Gasteiger charge is -2.09. The van der Waals surface area contributed by atoms with Gasteiger partial charge >= 0.3 is 6.18 Å². The molecule has 0 atom stereocenters. The minimum absolute atomic E-state index is 0.0314. The van der Waals surface area contributed by atoms with Crippen LogP contribution in [0.4, 0.5) is 24.5 Å². The summed E-state index contributed by atoms with van der Waals surface area (Å²) in [5, 5.41) is 5.14. The molecule has 0 unspecified atom stereocenters. The largest absolute Gasteiger partial charge is 0.416 e. The Morgan fingerprint density at radius 2 is 1.39 bits per heavy atom. The second kappa shape index (κ2) is 7.91. The van der Waals surface area contributed by atoms with Crippen LogP contribution in [0.2, 0.25) is 0 Å². The number of amides is 2. The van der Waals surface area contributed by atoms with Gasteiger partial charge in [0.2, 0.25) is 0 Å². The van der Waals surface area contributed by atoms with Gasteiger partial charge < -0.3 is 10.6 Å². The van der Waals surface area contributed by atoms with Crippen molar-refractivity contribution in [1.82, 2.24) is 4.98 Å². The highest BCUT2D eigenvalue weighted by Gasteiger charge is 2.30. The highest BCUT2D eigenvalue weighted by Crippen LogP contribution is 2.29. The lowest BCUT2D eigenvalue weighted by Crippen LogP contribution is -2.17. The molecule has 0 saturated carbocycles. The number of aromatic nitrogens is 1. The number of benzene rings is 2. The van der Waals surface area contributed by atoms with Crippen LogP contribution in [0.1, 0.15) is 26.4 Å². The molecule has 0 bridgehead atoms. The molecule has 0 fully saturated rings. The summed E-state index contributed by atoms with van der Waals surface area (Å²) in [6.07, 6.45) is -3.14. The number of pyridine rings is 1. The zero-order valence-corrected chi connectivity index (χ0v) is 14.3. The fourth-order valence-corrected chi connectivity index (χ4v) is 2.36. The van der Waals surface area contributed by atoms with E-state index in [4.69, 9.17) is 0 Å². The number of para-hydroxylation sites is 1. The summed E-state index contributed by atoms with van der Waals surface area (Å²) in [5.41, 5.74) is 0.144. The van der Waals surface area contributed by atoms with Crippen LogP contribution in [0.3, 0.4) is 0 Å². The Bertz CT molecular complexity index is 988. The van der Waals surface area contributed by atoms with E-state index in [1.54, 1.807) is 30.3 Å². The first-order chi connectivity index (χ1) is 13.3. The van der Waals surface area contributed by atoms with Gasteiger partial charge in [0, 0.05) is 23.1 Å². The van der Waals surface area contributed by atoms with Crippen LogP contribution in [0.25, 0.3) is 0 Å². The minimum atomic E-state index is -4.45. The Hall–Kier alpha value is -3.68. The summed E-state index contributed by atoms with van der Waals surface area (Å²) in [7, 11) is 0. The molecule has 8 heteroatoms. The molecule has 0 spiro atoms. The zero-order valence-electron chi connectivity index (χ0n) is 14.3. The van der Waals surface area contributed by atoms with Crippen molar-refractivity contribution < 1.29 is 22.8 Å². The van der Waals surface area contributed by atoms with Crippen LogP contribution in [0.5, 0.6) is 0 Å². The van der Waals surface area contributed by atoms with Gasteiger partial charge in [0.15, 0.2) is 0 Å².